The third kappa shape index (κ3) is 5.23. The SMILES string of the molecule is C=CC[P+](C)(Cc1ccccc1)Cc1ccccc1.[Br-]. The summed E-state index contributed by atoms with van der Waals surface area (Å²) < 4.78 is 0. The zero-order chi connectivity index (χ0) is 13.6. The van der Waals surface area contributed by atoms with Gasteiger partial charge in [-0.2, -0.15) is 0 Å². The van der Waals surface area contributed by atoms with Crippen molar-refractivity contribution in [2.45, 2.75) is 12.3 Å². The lowest BCUT2D eigenvalue weighted by atomic mass is 10.2. The Balaban J connectivity index is 0.00000200. The first kappa shape index (κ1) is 17.1. The molecular formula is C18H22BrP. The maximum atomic E-state index is 3.96. The molecule has 0 saturated carbocycles. The highest BCUT2D eigenvalue weighted by Gasteiger charge is 2.30. The van der Waals surface area contributed by atoms with Gasteiger partial charge in [0.05, 0.1) is 18.5 Å². The summed E-state index contributed by atoms with van der Waals surface area (Å²) in [6.45, 7) is 6.42. The van der Waals surface area contributed by atoms with Gasteiger partial charge in [-0.25, -0.2) is 0 Å². The third-order valence-corrected chi connectivity index (χ3v) is 6.78. The van der Waals surface area contributed by atoms with E-state index in [0.717, 1.165) is 6.16 Å². The van der Waals surface area contributed by atoms with Crippen LogP contribution in [-0.4, -0.2) is 12.8 Å². The Morgan fingerprint density at radius 1 is 0.850 bits per heavy atom. The van der Waals surface area contributed by atoms with E-state index < -0.39 is 7.26 Å². The highest BCUT2D eigenvalue weighted by Crippen LogP contribution is 2.60. The van der Waals surface area contributed by atoms with E-state index >= 15 is 0 Å². The maximum Gasteiger partial charge on any atom is 0.0846 e. The summed E-state index contributed by atoms with van der Waals surface area (Å²) in [4.78, 5) is 0. The lowest BCUT2D eigenvalue weighted by Gasteiger charge is -2.22. The molecule has 0 aliphatic carbocycles. The van der Waals surface area contributed by atoms with Crippen molar-refractivity contribution >= 4 is 7.26 Å². The van der Waals surface area contributed by atoms with Gasteiger partial charge in [-0.15, -0.1) is 0 Å². The van der Waals surface area contributed by atoms with Crippen LogP contribution in [0.5, 0.6) is 0 Å². The quantitative estimate of drug-likeness (QED) is 0.554. The molecule has 0 fully saturated rings. The van der Waals surface area contributed by atoms with Crippen LogP contribution in [0.2, 0.25) is 0 Å². The Kier molecular flexibility index (Phi) is 7.19. The number of allylic oxidation sites excluding steroid dienone is 1. The number of hydrogen-bond acceptors (Lipinski definition) is 0. The largest absolute Gasteiger partial charge is 1.00 e. The van der Waals surface area contributed by atoms with E-state index in [4.69, 9.17) is 0 Å². The summed E-state index contributed by atoms with van der Waals surface area (Å²) in [6.07, 6.45) is 5.65. The number of halogens is 1. The summed E-state index contributed by atoms with van der Waals surface area (Å²) in [5.74, 6) is 0. The van der Waals surface area contributed by atoms with Crippen molar-refractivity contribution in [3.8, 4) is 0 Å². The second kappa shape index (κ2) is 8.39. The molecule has 0 saturated heterocycles. The van der Waals surface area contributed by atoms with Crippen LogP contribution in [-0.2, 0) is 12.3 Å². The zero-order valence-corrected chi connectivity index (χ0v) is 14.5. The molecule has 0 amide bonds. The van der Waals surface area contributed by atoms with Crippen LogP contribution in [0, 0.1) is 0 Å². The molecule has 2 aromatic carbocycles. The fourth-order valence-corrected chi connectivity index (χ4v) is 5.72. The second-order valence-electron chi connectivity index (χ2n) is 5.38. The first-order valence-electron chi connectivity index (χ1n) is 6.74. The molecule has 0 spiro atoms. The average Bonchev–Trinajstić information content (AvgIpc) is 2.41. The first-order chi connectivity index (χ1) is 9.22. The number of benzene rings is 2. The van der Waals surface area contributed by atoms with Crippen molar-refractivity contribution in [2.24, 2.45) is 0 Å². The molecule has 20 heavy (non-hydrogen) atoms. The summed E-state index contributed by atoms with van der Waals surface area (Å²) in [7, 11) is -1.03. The minimum atomic E-state index is -1.03. The van der Waals surface area contributed by atoms with Gasteiger partial charge in [0.15, 0.2) is 0 Å². The van der Waals surface area contributed by atoms with E-state index in [1.165, 1.54) is 23.5 Å². The lowest BCUT2D eigenvalue weighted by molar-refractivity contribution is -0.00000410. The number of rotatable bonds is 6. The molecule has 0 unspecified atom stereocenters. The molecule has 0 radical (unpaired) electrons. The predicted molar refractivity (Wildman–Crippen MR) is 88.2 cm³/mol. The molecule has 0 atom stereocenters. The van der Waals surface area contributed by atoms with Crippen LogP contribution in [0.15, 0.2) is 73.3 Å². The van der Waals surface area contributed by atoms with Crippen molar-refractivity contribution in [1.82, 2.24) is 0 Å². The van der Waals surface area contributed by atoms with Crippen LogP contribution >= 0.6 is 7.26 Å². The average molecular weight is 349 g/mol. The van der Waals surface area contributed by atoms with Crippen LogP contribution < -0.4 is 17.0 Å². The van der Waals surface area contributed by atoms with Gasteiger partial charge in [0, 0.05) is 13.9 Å². The molecule has 2 heteroatoms. The molecule has 0 nitrogen and oxygen atoms in total. The second-order valence-corrected chi connectivity index (χ2v) is 9.61. The van der Waals surface area contributed by atoms with Crippen LogP contribution in [0.4, 0.5) is 0 Å². The van der Waals surface area contributed by atoms with Gasteiger partial charge in [-0.05, 0) is 11.1 Å². The molecule has 0 aromatic heterocycles. The smallest absolute Gasteiger partial charge is 0.0846 e. The van der Waals surface area contributed by atoms with Gasteiger partial charge in [-0.3, -0.25) is 0 Å². The van der Waals surface area contributed by atoms with E-state index in [9.17, 15) is 0 Å². The fourth-order valence-electron chi connectivity index (χ4n) is 2.55. The Morgan fingerprint density at radius 2 is 1.25 bits per heavy atom. The van der Waals surface area contributed by atoms with Gasteiger partial charge in [0.25, 0.3) is 0 Å². The highest BCUT2D eigenvalue weighted by molar-refractivity contribution is 7.73. The molecule has 0 aliphatic rings. The lowest BCUT2D eigenvalue weighted by Crippen LogP contribution is -3.00. The van der Waals surface area contributed by atoms with Crippen molar-refractivity contribution in [1.29, 1.82) is 0 Å². The van der Waals surface area contributed by atoms with Crippen molar-refractivity contribution in [3.05, 3.63) is 84.4 Å². The maximum absolute atomic E-state index is 3.96. The minimum absolute atomic E-state index is 0. The molecule has 0 N–H and O–H groups in total. The normalized spacial score (nSPS) is 10.7. The van der Waals surface area contributed by atoms with Crippen LogP contribution in [0.1, 0.15) is 11.1 Å². The van der Waals surface area contributed by atoms with E-state index in [1.54, 1.807) is 0 Å². The van der Waals surface area contributed by atoms with E-state index in [-0.39, 0.29) is 17.0 Å². The first-order valence-corrected chi connectivity index (χ1v) is 9.53. The van der Waals surface area contributed by atoms with E-state index in [1.807, 2.05) is 0 Å². The van der Waals surface area contributed by atoms with Gasteiger partial charge in [0.2, 0.25) is 0 Å². The minimum Gasteiger partial charge on any atom is -1.00 e. The van der Waals surface area contributed by atoms with Gasteiger partial charge in [0.1, 0.15) is 0 Å². The topological polar surface area (TPSA) is 0 Å². The summed E-state index contributed by atoms with van der Waals surface area (Å²) in [5.41, 5.74) is 2.91. The Morgan fingerprint density at radius 3 is 1.60 bits per heavy atom. The van der Waals surface area contributed by atoms with E-state index in [0.29, 0.717) is 0 Å². The third-order valence-electron chi connectivity index (χ3n) is 3.38. The van der Waals surface area contributed by atoms with Crippen LogP contribution in [0.25, 0.3) is 0 Å². The predicted octanol–water partition coefficient (Wildman–Crippen LogP) is 2.22. The summed E-state index contributed by atoms with van der Waals surface area (Å²) >= 11 is 0. The highest BCUT2D eigenvalue weighted by atomic mass is 79.9. The van der Waals surface area contributed by atoms with Crippen molar-refractivity contribution in [2.75, 3.05) is 12.8 Å². The molecule has 2 rings (SSSR count). The van der Waals surface area contributed by atoms with Crippen LogP contribution in [0.3, 0.4) is 0 Å². The molecule has 2 aromatic rings. The standard InChI is InChI=1S/C18H22P.BrH/c1-3-14-19(2,15-17-10-6-4-7-11-17)16-18-12-8-5-9-13-18;/h3-13H,1,14-16H2,2H3;1H/q+1;/p-1. The van der Waals surface area contributed by atoms with Crippen molar-refractivity contribution in [3.63, 3.8) is 0 Å². The van der Waals surface area contributed by atoms with Gasteiger partial charge in [-0.1, -0.05) is 73.3 Å². The van der Waals surface area contributed by atoms with Gasteiger partial charge >= 0.3 is 0 Å². The van der Waals surface area contributed by atoms with Crippen molar-refractivity contribution < 1.29 is 17.0 Å². The molecule has 106 valence electrons. The molecule has 0 aliphatic heterocycles. The molecular weight excluding hydrogens is 327 g/mol. The fraction of sp³-hybridized carbons (Fsp3) is 0.222. The van der Waals surface area contributed by atoms with E-state index in [2.05, 4.69) is 80.0 Å². The summed E-state index contributed by atoms with van der Waals surface area (Å²) in [6, 6.07) is 21.7. The Bertz CT molecular complexity index is 466. The Labute approximate surface area is 134 Å². The molecule has 0 bridgehead atoms. The van der Waals surface area contributed by atoms with Gasteiger partial charge < -0.3 is 17.0 Å². The zero-order valence-electron chi connectivity index (χ0n) is 12.0. The monoisotopic (exact) mass is 348 g/mol. The Hall–Kier alpha value is -0.910. The molecule has 0 heterocycles. The number of hydrogen-bond donors (Lipinski definition) is 0. The summed E-state index contributed by atoms with van der Waals surface area (Å²) in [5, 5.41) is 0.